The van der Waals surface area contributed by atoms with E-state index in [1.165, 1.54) is 11.3 Å². The van der Waals surface area contributed by atoms with Gasteiger partial charge in [0.1, 0.15) is 23.9 Å². The van der Waals surface area contributed by atoms with Gasteiger partial charge in [-0.3, -0.25) is 9.79 Å². The van der Waals surface area contributed by atoms with Crippen molar-refractivity contribution in [2.24, 2.45) is 4.99 Å². The first-order valence-corrected chi connectivity index (χ1v) is 8.20. The number of amides is 1. The molecule has 1 aliphatic heterocycles. The average Bonchev–Trinajstić information content (AvgIpc) is 3.09. The fourth-order valence-electron chi connectivity index (χ4n) is 2.02. The van der Waals surface area contributed by atoms with Gasteiger partial charge >= 0.3 is 0 Å². The van der Waals surface area contributed by atoms with Gasteiger partial charge in [-0.25, -0.2) is 4.98 Å². The minimum Gasteiger partial charge on any atom is -0.497 e. The molecule has 0 bridgehead atoms. The summed E-state index contributed by atoms with van der Waals surface area (Å²) >= 11 is 1.37. The van der Waals surface area contributed by atoms with Crippen molar-refractivity contribution in [2.75, 3.05) is 19.1 Å². The lowest BCUT2D eigenvalue weighted by molar-refractivity contribution is 0.0946. The molecule has 1 amide bonds. The molecule has 8 heteroatoms. The maximum Gasteiger partial charge on any atom is 0.271 e. The third kappa shape index (κ3) is 4.11. The zero-order chi connectivity index (χ0) is 16.8. The molecule has 0 saturated carbocycles. The number of carbonyl (C=O) groups is 1. The molecule has 2 heterocycles. The largest absolute Gasteiger partial charge is 0.497 e. The van der Waals surface area contributed by atoms with Gasteiger partial charge in [-0.1, -0.05) is 12.1 Å². The van der Waals surface area contributed by atoms with Crippen molar-refractivity contribution in [3.05, 3.63) is 52.8 Å². The Kier molecular flexibility index (Phi) is 5.07. The monoisotopic (exact) mass is 343 g/mol. The van der Waals surface area contributed by atoms with Gasteiger partial charge in [-0.2, -0.15) is 0 Å². The van der Waals surface area contributed by atoms with Gasteiger partial charge in [0.15, 0.2) is 5.13 Å². The summed E-state index contributed by atoms with van der Waals surface area (Å²) in [7, 11) is 1.62. The number of benzene rings is 1. The lowest BCUT2D eigenvalue weighted by Crippen LogP contribution is -2.24. The Bertz CT molecular complexity index is 767. The third-order valence-corrected chi connectivity index (χ3v) is 4.06. The molecule has 1 aliphatic rings. The van der Waals surface area contributed by atoms with Gasteiger partial charge in [0.05, 0.1) is 7.11 Å². The molecule has 0 fully saturated rings. The number of nitrogens with one attached hydrogen (secondary N) is 3. The van der Waals surface area contributed by atoms with E-state index in [0.29, 0.717) is 24.0 Å². The molecule has 0 radical (unpaired) electrons. The predicted molar refractivity (Wildman–Crippen MR) is 94.5 cm³/mol. The smallest absolute Gasteiger partial charge is 0.271 e. The maximum atomic E-state index is 12.2. The van der Waals surface area contributed by atoms with E-state index in [9.17, 15) is 4.79 Å². The minimum absolute atomic E-state index is 0.206. The van der Waals surface area contributed by atoms with E-state index < -0.39 is 0 Å². The van der Waals surface area contributed by atoms with Crippen LogP contribution in [0.1, 0.15) is 16.1 Å². The van der Waals surface area contributed by atoms with Crippen LogP contribution in [0.3, 0.4) is 0 Å². The Balaban J connectivity index is 1.55. The lowest BCUT2D eigenvalue weighted by atomic mass is 10.2. The van der Waals surface area contributed by atoms with Crippen LogP contribution in [0.5, 0.6) is 5.75 Å². The van der Waals surface area contributed by atoms with Crippen molar-refractivity contribution in [1.29, 1.82) is 0 Å². The zero-order valence-electron chi connectivity index (χ0n) is 13.1. The van der Waals surface area contributed by atoms with Crippen LogP contribution >= 0.6 is 11.3 Å². The second kappa shape index (κ2) is 7.60. The van der Waals surface area contributed by atoms with Crippen LogP contribution in [-0.2, 0) is 6.54 Å². The molecule has 7 nitrogen and oxygen atoms in total. The SMILES string of the molecule is COc1ccc(CNC(=O)c2csc(NC3=CC=NCN3)n2)cc1. The number of nitrogens with zero attached hydrogens (tertiary/aromatic N) is 2. The van der Waals surface area contributed by atoms with Crippen molar-refractivity contribution < 1.29 is 9.53 Å². The summed E-state index contributed by atoms with van der Waals surface area (Å²) in [6.07, 6.45) is 3.53. The van der Waals surface area contributed by atoms with E-state index in [0.717, 1.165) is 17.1 Å². The fourth-order valence-corrected chi connectivity index (χ4v) is 2.73. The van der Waals surface area contributed by atoms with Crippen LogP contribution in [0.25, 0.3) is 0 Å². The summed E-state index contributed by atoms with van der Waals surface area (Å²) < 4.78 is 5.11. The van der Waals surface area contributed by atoms with Gasteiger partial charge in [-0.05, 0) is 23.8 Å². The normalized spacial score (nSPS) is 13.0. The van der Waals surface area contributed by atoms with Gasteiger partial charge in [0, 0.05) is 18.1 Å². The summed E-state index contributed by atoms with van der Waals surface area (Å²) in [5.74, 6) is 1.39. The number of allylic oxidation sites excluding steroid dienone is 1. The van der Waals surface area contributed by atoms with E-state index in [4.69, 9.17) is 4.74 Å². The zero-order valence-corrected chi connectivity index (χ0v) is 13.9. The van der Waals surface area contributed by atoms with Crippen LogP contribution in [0.15, 0.2) is 46.5 Å². The number of thiazole rings is 1. The van der Waals surface area contributed by atoms with Crippen LogP contribution in [0, 0.1) is 0 Å². The quantitative estimate of drug-likeness (QED) is 0.746. The molecule has 1 aromatic carbocycles. The third-order valence-electron chi connectivity index (χ3n) is 3.30. The number of hydrogen-bond donors (Lipinski definition) is 3. The molecule has 0 atom stereocenters. The molecule has 0 saturated heterocycles. The minimum atomic E-state index is -0.206. The maximum absolute atomic E-state index is 12.2. The lowest BCUT2D eigenvalue weighted by Gasteiger charge is -2.11. The standard InChI is InChI=1S/C16H17N5O2S/c1-23-12-4-2-11(3-5-12)8-18-15(22)13-9-24-16(20-13)21-14-6-7-17-10-19-14/h2-7,9,19H,8,10H2,1H3,(H,18,22)(H,20,21). The van der Waals surface area contributed by atoms with Crippen LogP contribution in [0.2, 0.25) is 0 Å². The highest BCUT2D eigenvalue weighted by atomic mass is 32.1. The Hall–Kier alpha value is -2.87. The molecule has 24 heavy (non-hydrogen) atoms. The average molecular weight is 343 g/mol. The van der Waals surface area contributed by atoms with Crippen LogP contribution in [-0.4, -0.2) is 30.9 Å². The number of anilines is 1. The van der Waals surface area contributed by atoms with Gasteiger partial charge < -0.3 is 20.7 Å². The Morgan fingerprint density at radius 2 is 2.21 bits per heavy atom. The second-order valence-electron chi connectivity index (χ2n) is 4.94. The molecular weight excluding hydrogens is 326 g/mol. The Morgan fingerprint density at radius 3 is 2.92 bits per heavy atom. The number of carbonyl (C=O) groups excluding carboxylic acids is 1. The molecule has 124 valence electrons. The molecule has 3 N–H and O–H groups in total. The highest BCUT2D eigenvalue weighted by molar-refractivity contribution is 7.13. The highest BCUT2D eigenvalue weighted by Gasteiger charge is 2.11. The number of rotatable bonds is 6. The van der Waals surface area contributed by atoms with Crippen molar-refractivity contribution in [3.63, 3.8) is 0 Å². The van der Waals surface area contributed by atoms with Crippen molar-refractivity contribution >= 4 is 28.6 Å². The topological polar surface area (TPSA) is 87.6 Å². The first kappa shape index (κ1) is 16.0. The molecule has 1 aromatic heterocycles. The van der Waals surface area contributed by atoms with E-state index in [2.05, 4.69) is 25.9 Å². The van der Waals surface area contributed by atoms with Crippen molar-refractivity contribution in [3.8, 4) is 5.75 Å². The summed E-state index contributed by atoms with van der Waals surface area (Å²) in [6.45, 7) is 0.964. The van der Waals surface area contributed by atoms with Crippen molar-refractivity contribution in [2.45, 2.75) is 6.54 Å². The number of hydrogen-bond acceptors (Lipinski definition) is 7. The number of methoxy groups -OCH3 is 1. The Morgan fingerprint density at radius 1 is 1.38 bits per heavy atom. The molecule has 0 spiro atoms. The molecule has 0 aliphatic carbocycles. The Labute approximate surface area is 143 Å². The van der Waals surface area contributed by atoms with E-state index in [-0.39, 0.29) is 5.91 Å². The summed E-state index contributed by atoms with van der Waals surface area (Å²) in [6, 6.07) is 7.55. The first-order chi connectivity index (χ1) is 11.7. The van der Waals surface area contributed by atoms with Crippen molar-refractivity contribution in [1.82, 2.24) is 15.6 Å². The van der Waals surface area contributed by atoms with Gasteiger partial charge in [0.2, 0.25) is 0 Å². The molecule has 3 rings (SSSR count). The predicted octanol–water partition coefficient (Wildman–Crippen LogP) is 1.97. The van der Waals surface area contributed by atoms with Crippen LogP contribution in [0.4, 0.5) is 5.13 Å². The van der Waals surface area contributed by atoms with Gasteiger partial charge in [0.25, 0.3) is 5.91 Å². The number of aliphatic imine (C=N–C) groups is 1. The van der Waals surface area contributed by atoms with E-state index in [1.807, 2.05) is 30.3 Å². The first-order valence-electron chi connectivity index (χ1n) is 7.32. The molecule has 0 unspecified atom stereocenters. The highest BCUT2D eigenvalue weighted by Crippen LogP contribution is 2.17. The number of ether oxygens (including phenoxy) is 1. The van der Waals surface area contributed by atoms with Crippen LogP contribution < -0.4 is 20.7 Å². The summed E-state index contributed by atoms with van der Waals surface area (Å²) in [4.78, 5) is 20.5. The van der Waals surface area contributed by atoms with Gasteiger partial charge in [-0.15, -0.1) is 11.3 Å². The summed E-state index contributed by atoms with van der Waals surface area (Å²) in [5.41, 5.74) is 1.38. The molecule has 2 aromatic rings. The molecular formula is C16H17N5O2S. The van der Waals surface area contributed by atoms with E-state index >= 15 is 0 Å². The van der Waals surface area contributed by atoms with E-state index in [1.54, 1.807) is 18.7 Å². The second-order valence-corrected chi connectivity index (χ2v) is 5.80. The summed E-state index contributed by atoms with van der Waals surface area (Å²) in [5, 5.41) is 11.4. The fraction of sp³-hybridized carbons (Fsp3) is 0.188. The number of aromatic nitrogens is 1.